The molecule has 0 aromatic heterocycles. The normalized spacial score (nSPS) is 35.2. The Morgan fingerprint density at radius 2 is 2.00 bits per heavy atom. The molecule has 72 valence electrons. The highest BCUT2D eigenvalue weighted by Crippen LogP contribution is 2.19. The van der Waals surface area contributed by atoms with Gasteiger partial charge in [-0.05, 0) is 6.08 Å². The van der Waals surface area contributed by atoms with E-state index in [1.54, 1.807) is 0 Å². The molecule has 2 aliphatic rings. The molecular formula is C10H17N3. The fourth-order valence-corrected chi connectivity index (χ4v) is 1.94. The molecule has 0 aromatic carbocycles. The monoisotopic (exact) mass is 179 g/mol. The van der Waals surface area contributed by atoms with Crippen molar-refractivity contribution in [3.05, 3.63) is 24.3 Å². The number of nitrogens with zero attached hydrogens (tertiary/aromatic N) is 1. The van der Waals surface area contributed by atoms with Crippen LogP contribution in [-0.2, 0) is 0 Å². The highest BCUT2D eigenvalue weighted by Gasteiger charge is 2.30. The first-order chi connectivity index (χ1) is 6.31. The summed E-state index contributed by atoms with van der Waals surface area (Å²) < 4.78 is 0. The van der Waals surface area contributed by atoms with E-state index in [9.17, 15) is 0 Å². The summed E-state index contributed by atoms with van der Waals surface area (Å²) in [6.07, 6.45) is 9.29. The Bertz CT molecular complexity index is 228. The minimum Gasteiger partial charge on any atom is -0.314 e. The Labute approximate surface area is 79.3 Å². The van der Waals surface area contributed by atoms with E-state index in [2.05, 4.69) is 28.4 Å². The summed E-state index contributed by atoms with van der Waals surface area (Å²) >= 11 is 0. The van der Waals surface area contributed by atoms with Gasteiger partial charge in [0, 0.05) is 32.6 Å². The van der Waals surface area contributed by atoms with Crippen LogP contribution in [0.15, 0.2) is 24.3 Å². The fourth-order valence-electron chi connectivity index (χ4n) is 1.94. The zero-order valence-electron chi connectivity index (χ0n) is 7.87. The summed E-state index contributed by atoms with van der Waals surface area (Å²) in [5.74, 6) is 0. The number of nitrogens with one attached hydrogen (secondary N) is 1. The first-order valence-electron chi connectivity index (χ1n) is 4.90. The van der Waals surface area contributed by atoms with Crippen molar-refractivity contribution in [2.75, 3.05) is 26.2 Å². The van der Waals surface area contributed by atoms with Crippen molar-refractivity contribution >= 4 is 0 Å². The topological polar surface area (TPSA) is 41.3 Å². The average Bonchev–Trinajstić information content (AvgIpc) is 2.20. The zero-order chi connectivity index (χ0) is 9.15. The van der Waals surface area contributed by atoms with Gasteiger partial charge in [0.15, 0.2) is 0 Å². The van der Waals surface area contributed by atoms with Crippen molar-refractivity contribution in [2.24, 2.45) is 5.73 Å². The third-order valence-electron chi connectivity index (χ3n) is 2.78. The van der Waals surface area contributed by atoms with Crippen molar-refractivity contribution in [3.63, 3.8) is 0 Å². The largest absolute Gasteiger partial charge is 0.314 e. The molecule has 1 heterocycles. The molecule has 1 aliphatic carbocycles. The van der Waals surface area contributed by atoms with E-state index >= 15 is 0 Å². The molecule has 3 heteroatoms. The minimum absolute atomic E-state index is 0.225. The summed E-state index contributed by atoms with van der Waals surface area (Å²) in [6.45, 7) is 4.20. The second-order valence-electron chi connectivity index (χ2n) is 3.72. The first kappa shape index (κ1) is 8.94. The van der Waals surface area contributed by atoms with E-state index in [4.69, 9.17) is 5.73 Å². The van der Waals surface area contributed by atoms with Gasteiger partial charge in [0.05, 0.1) is 5.66 Å². The smallest absolute Gasteiger partial charge is 0.0918 e. The van der Waals surface area contributed by atoms with Crippen molar-refractivity contribution < 1.29 is 0 Å². The summed E-state index contributed by atoms with van der Waals surface area (Å²) in [7, 11) is 0. The molecule has 0 spiro atoms. The molecule has 1 unspecified atom stereocenters. The maximum Gasteiger partial charge on any atom is 0.0918 e. The van der Waals surface area contributed by atoms with Crippen LogP contribution in [0.25, 0.3) is 0 Å². The molecule has 0 saturated carbocycles. The Hall–Kier alpha value is -0.640. The SMILES string of the molecule is NC1(N2CCNCC2)C=CC=CC1. The predicted molar refractivity (Wildman–Crippen MR) is 54.3 cm³/mol. The number of rotatable bonds is 1. The summed E-state index contributed by atoms with van der Waals surface area (Å²) in [4.78, 5) is 2.35. The van der Waals surface area contributed by atoms with Crippen LogP contribution in [0.4, 0.5) is 0 Å². The lowest BCUT2D eigenvalue weighted by molar-refractivity contribution is 0.118. The van der Waals surface area contributed by atoms with Crippen LogP contribution in [0, 0.1) is 0 Å². The van der Waals surface area contributed by atoms with Gasteiger partial charge in [-0.3, -0.25) is 4.90 Å². The van der Waals surface area contributed by atoms with Gasteiger partial charge in [-0.25, -0.2) is 0 Å². The highest BCUT2D eigenvalue weighted by atomic mass is 15.3. The standard InChI is InChI=1S/C10H17N3/c11-10(4-2-1-3-5-10)13-8-6-12-7-9-13/h1-4,12H,5-9,11H2. The molecule has 0 radical (unpaired) electrons. The maximum absolute atomic E-state index is 6.29. The van der Waals surface area contributed by atoms with Gasteiger partial charge in [-0.15, -0.1) is 0 Å². The Balaban J connectivity index is 2.04. The Morgan fingerprint density at radius 1 is 1.23 bits per heavy atom. The number of hydrogen-bond donors (Lipinski definition) is 2. The quantitative estimate of drug-likeness (QED) is 0.598. The molecule has 0 amide bonds. The van der Waals surface area contributed by atoms with Crippen molar-refractivity contribution in [2.45, 2.75) is 12.1 Å². The van der Waals surface area contributed by atoms with Crippen molar-refractivity contribution in [3.8, 4) is 0 Å². The van der Waals surface area contributed by atoms with Crippen LogP contribution in [0.1, 0.15) is 6.42 Å². The fraction of sp³-hybridized carbons (Fsp3) is 0.600. The van der Waals surface area contributed by atoms with E-state index in [0.29, 0.717) is 0 Å². The molecule has 0 aromatic rings. The Morgan fingerprint density at radius 3 is 2.62 bits per heavy atom. The van der Waals surface area contributed by atoms with Crippen molar-refractivity contribution in [1.29, 1.82) is 0 Å². The van der Waals surface area contributed by atoms with E-state index in [1.807, 2.05) is 6.08 Å². The van der Waals surface area contributed by atoms with Crippen LogP contribution in [0.2, 0.25) is 0 Å². The van der Waals surface area contributed by atoms with Crippen LogP contribution >= 0.6 is 0 Å². The van der Waals surface area contributed by atoms with E-state index in [0.717, 1.165) is 32.6 Å². The average molecular weight is 179 g/mol. The van der Waals surface area contributed by atoms with Gasteiger partial charge in [0.2, 0.25) is 0 Å². The van der Waals surface area contributed by atoms with Crippen LogP contribution in [-0.4, -0.2) is 36.7 Å². The predicted octanol–water partition coefficient (Wildman–Crippen LogP) is 0.0627. The molecule has 1 fully saturated rings. The first-order valence-corrected chi connectivity index (χ1v) is 4.90. The van der Waals surface area contributed by atoms with Gasteiger partial charge in [-0.2, -0.15) is 0 Å². The summed E-state index contributed by atoms with van der Waals surface area (Å²) in [5.41, 5.74) is 6.07. The third-order valence-corrected chi connectivity index (χ3v) is 2.78. The molecule has 1 aliphatic heterocycles. The number of piperazine rings is 1. The molecule has 1 atom stereocenters. The van der Waals surface area contributed by atoms with Crippen LogP contribution in [0.3, 0.4) is 0 Å². The van der Waals surface area contributed by atoms with Gasteiger partial charge in [-0.1, -0.05) is 18.2 Å². The van der Waals surface area contributed by atoms with Gasteiger partial charge in [0.25, 0.3) is 0 Å². The van der Waals surface area contributed by atoms with Crippen LogP contribution in [0.5, 0.6) is 0 Å². The lowest BCUT2D eigenvalue weighted by Gasteiger charge is -2.41. The molecular weight excluding hydrogens is 162 g/mol. The Kier molecular flexibility index (Phi) is 2.49. The van der Waals surface area contributed by atoms with Gasteiger partial charge >= 0.3 is 0 Å². The summed E-state index contributed by atoms with van der Waals surface area (Å²) in [6, 6.07) is 0. The molecule has 3 nitrogen and oxygen atoms in total. The second kappa shape index (κ2) is 3.62. The highest BCUT2D eigenvalue weighted by molar-refractivity contribution is 5.19. The molecule has 13 heavy (non-hydrogen) atoms. The van der Waals surface area contributed by atoms with E-state index in [1.165, 1.54) is 0 Å². The van der Waals surface area contributed by atoms with Gasteiger partial charge < -0.3 is 11.1 Å². The number of allylic oxidation sites excluding steroid dienone is 2. The van der Waals surface area contributed by atoms with Crippen LogP contribution < -0.4 is 11.1 Å². The third kappa shape index (κ3) is 1.82. The maximum atomic E-state index is 6.29. The lowest BCUT2D eigenvalue weighted by Crippen LogP contribution is -2.60. The van der Waals surface area contributed by atoms with E-state index < -0.39 is 0 Å². The molecule has 2 rings (SSSR count). The lowest BCUT2D eigenvalue weighted by atomic mass is 9.99. The van der Waals surface area contributed by atoms with E-state index in [-0.39, 0.29) is 5.66 Å². The number of hydrogen-bond acceptors (Lipinski definition) is 3. The zero-order valence-corrected chi connectivity index (χ0v) is 7.87. The molecule has 1 saturated heterocycles. The summed E-state index contributed by atoms with van der Waals surface area (Å²) in [5, 5.41) is 3.33. The van der Waals surface area contributed by atoms with Gasteiger partial charge in [0.1, 0.15) is 0 Å². The second-order valence-corrected chi connectivity index (χ2v) is 3.72. The minimum atomic E-state index is -0.225. The molecule has 3 N–H and O–H groups in total. The molecule has 0 bridgehead atoms. The van der Waals surface area contributed by atoms with Crippen molar-refractivity contribution in [1.82, 2.24) is 10.2 Å². The number of nitrogens with two attached hydrogens (primary N) is 1.